The van der Waals surface area contributed by atoms with Crippen molar-refractivity contribution in [1.29, 1.82) is 5.26 Å². The number of benzene rings is 2. The number of para-hydroxylation sites is 1. The van der Waals surface area contributed by atoms with E-state index in [1.54, 1.807) is 18.2 Å². The molecule has 7 heteroatoms. The molecule has 1 aromatic heterocycles. The number of nitrogens with zero attached hydrogens (tertiary/aromatic N) is 2. The predicted molar refractivity (Wildman–Crippen MR) is 119 cm³/mol. The Kier molecular flexibility index (Phi) is 6.83. The SMILES string of the molecule is N#C/C(=C\c1cn(CCOc2ccc(F)cc2)c2ccccc12)C(=O)NC[C@@H]1CCCO1. The van der Waals surface area contributed by atoms with Gasteiger partial charge >= 0.3 is 0 Å². The number of hydrogen-bond donors (Lipinski definition) is 1. The summed E-state index contributed by atoms with van der Waals surface area (Å²) < 4.78 is 26.3. The average molecular weight is 433 g/mol. The fraction of sp³-hybridized carbons (Fsp3) is 0.280. The zero-order valence-electron chi connectivity index (χ0n) is 17.6. The van der Waals surface area contributed by atoms with E-state index in [1.807, 2.05) is 41.1 Å². The first kappa shape index (κ1) is 21.6. The van der Waals surface area contributed by atoms with Crippen molar-refractivity contribution in [2.45, 2.75) is 25.5 Å². The smallest absolute Gasteiger partial charge is 0.262 e. The number of amides is 1. The Morgan fingerprint density at radius 3 is 2.84 bits per heavy atom. The first-order chi connectivity index (χ1) is 15.6. The molecule has 2 aromatic carbocycles. The van der Waals surface area contributed by atoms with Crippen molar-refractivity contribution in [2.24, 2.45) is 0 Å². The number of nitriles is 1. The third kappa shape index (κ3) is 5.16. The van der Waals surface area contributed by atoms with E-state index < -0.39 is 5.91 Å². The lowest BCUT2D eigenvalue weighted by Crippen LogP contribution is -2.32. The molecular formula is C25H24FN3O3. The highest BCUT2D eigenvalue weighted by Crippen LogP contribution is 2.24. The van der Waals surface area contributed by atoms with Gasteiger partial charge in [-0.1, -0.05) is 18.2 Å². The van der Waals surface area contributed by atoms with E-state index in [0.29, 0.717) is 32.1 Å². The molecule has 0 radical (unpaired) electrons. The van der Waals surface area contributed by atoms with E-state index in [1.165, 1.54) is 12.1 Å². The molecule has 1 fully saturated rings. The molecule has 1 aliphatic heterocycles. The van der Waals surface area contributed by atoms with Gasteiger partial charge in [-0.15, -0.1) is 0 Å². The topological polar surface area (TPSA) is 76.3 Å². The Hall–Kier alpha value is -3.63. The Morgan fingerprint density at radius 2 is 2.09 bits per heavy atom. The number of halogens is 1. The molecule has 4 rings (SSSR count). The minimum Gasteiger partial charge on any atom is -0.492 e. The number of rotatable bonds is 8. The summed E-state index contributed by atoms with van der Waals surface area (Å²) in [6.07, 6.45) is 5.45. The minimum absolute atomic E-state index is 0.0157. The Bertz CT molecular complexity index is 1160. The van der Waals surface area contributed by atoms with Gasteiger partial charge in [0.2, 0.25) is 0 Å². The maximum atomic E-state index is 13.0. The minimum atomic E-state index is -0.403. The number of hydrogen-bond acceptors (Lipinski definition) is 4. The van der Waals surface area contributed by atoms with Gasteiger partial charge in [-0.2, -0.15) is 5.26 Å². The summed E-state index contributed by atoms with van der Waals surface area (Å²) in [4.78, 5) is 12.5. The van der Waals surface area contributed by atoms with Gasteiger partial charge in [-0.25, -0.2) is 4.39 Å². The standard InChI is InChI=1S/C25H24FN3O3/c26-20-7-9-21(10-8-20)32-13-11-29-17-19(23-5-1-2-6-24(23)29)14-18(15-27)25(30)28-16-22-4-3-12-31-22/h1-2,5-10,14,17,22H,3-4,11-13,16H2,(H,28,30)/b18-14+/t22-/m0/s1. The lowest BCUT2D eigenvalue weighted by molar-refractivity contribution is -0.117. The third-order valence-corrected chi connectivity index (χ3v) is 5.41. The van der Waals surface area contributed by atoms with Crippen LogP contribution in [-0.2, 0) is 16.1 Å². The van der Waals surface area contributed by atoms with Crippen LogP contribution in [-0.4, -0.2) is 36.3 Å². The fourth-order valence-corrected chi connectivity index (χ4v) is 3.78. The van der Waals surface area contributed by atoms with Crippen molar-refractivity contribution in [2.75, 3.05) is 19.8 Å². The van der Waals surface area contributed by atoms with Crippen molar-refractivity contribution >= 4 is 22.9 Å². The summed E-state index contributed by atoms with van der Waals surface area (Å²) in [5, 5.41) is 13.3. The maximum Gasteiger partial charge on any atom is 0.262 e. The summed E-state index contributed by atoms with van der Waals surface area (Å²) in [6.45, 7) is 2.06. The molecule has 1 atom stereocenters. The van der Waals surface area contributed by atoms with Gasteiger partial charge < -0.3 is 19.4 Å². The van der Waals surface area contributed by atoms with Crippen molar-refractivity contribution in [1.82, 2.24) is 9.88 Å². The van der Waals surface area contributed by atoms with Crippen molar-refractivity contribution in [3.8, 4) is 11.8 Å². The van der Waals surface area contributed by atoms with Crippen LogP contribution >= 0.6 is 0 Å². The zero-order valence-corrected chi connectivity index (χ0v) is 17.6. The molecule has 0 unspecified atom stereocenters. The largest absolute Gasteiger partial charge is 0.492 e. The second-order valence-corrected chi connectivity index (χ2v) is 7.61. The molecule has 0 saturated carbocycles. The van der Waals surface area contributed by atoms with Gasteiger partial charge in [0.15, 0.2) is 0 Å². The lowest BCUT2D eigenvalue weighted by Gasteiger charge is -2.10. The molecule has 1 N–H and O–H groups in total. The molecule has 164 valence electrons. The van der Waals surface area contributed by atoms with Crippen LogP contribution in [0.3, 0.4) is 0 Å². The zero-order chi connectivity index (χ0) is 22.3. The molecule has 0 spiro atoms. The van der Waals surface area contributed by atoms with E-state index >= 15 is 0 Å². The summed E-state index contributed by atoms with van der Waals surface area (Å²) in [7, 11) is 0. The Balaban J connectivity index is 1.48. The van der Waals surface area contributed by atoms with Gasteiger partial charge in [-0.05, 0) is 49.2 Å². The molecular weight excluding hydrogens is 409 g/mol. The number of fused-ring (bicyclic) bond motifs is 1. The normalized spacial score (nSPS) is 16.1. The maximum absolute atomic E-state index is 13.0. The molecule has 1 amide bonds. The number of aromatic nitrogens is 1. The number of carbonyl (C=O) groups excluding carboxylic acids is 1. The molecule has 1 aliphatic rings. The van der Waals surface area contributed by atoms with E-state index in [-0.39, 0.29) is 17.5 Å². The summed E-state index contributed by atoms with van der Waals surface area (Å²) in [5.41, 5.74) is 1.80. The molecule has 0 bridgehead atoms. The van der Waals surface area contributed by atoms with Crippen LogP contribution in [0.5, 0.6) is 5.75 Å². The second-order valence-electron chi connectivity index (χ2n) is 7.61. The monoisotopic (exact) mass is 433 g/mol. The van der Waals surface area contributed by atoms with Crippen LogP contribution < -0.4 is 10.1 Å². The van der Waals surface area contributed by atoms with Gasteiger partial charge in [0.25, 0.3) is 5.91 Å². The van der Waals surface area contributed by atoms with Gasteiger partial charge in [0.1, 0.15) is 29.8 Å². The fourth-order valence-electron chi connectivity index (χ4n) is 3.78. The van der Waals surface area contributed by atoms with Gasteiger partial charge in [-0.3, -0.25) is 4.79 Å². The Morgan fingerprint density at radius 1 is 1.28 bits per heavy atom. The number of ether oxygens (including phenoxy) is 2. The average Bonchev–Trinajstić information content (AvgIpc) is 3.45. The first-order valence-corrected chi connectivity index (χ1v) is 10.6. The van der Waals surface area contributed by atoms with E-state index in [0.717, 1.165) is 29.3 Å². The van der Waals surface area contributed by atoms with E-state index in [4.69, 9.17) is 9.47 Å². The van der Waals surface area contributed by atoms with Crippen molar-refractivity contribution in [3.63, 3.8) is 0 Å². The highest BCUT2D eigenvalue weighted by atomic mass is 19.1. The quantitative estimate of drug-likeness (QED) is 0.429. The summed E-state index contributed by atoms with van der Waals surface area (Å²) >= 11 is 0. The first-order valence-electron chi connectivity index (χ1n) is 10.6. The predicted octanol–water partition coefficient (Wildman–Crippen LogP) is 4.06. The van der Waals surface area contributed by atoms with E-state index in [9.17, 15) is 14.4 Å². The molecule has 32 heavy (non-hydrogen) atoms. The third-order valence-electron chi connectivity index (χ3n) is 5.41. The lowest BCUT2D eigenvalue weighted by atomic mass is 10.1. The number of nitrogens with one attached hydrogen (secondary N) is 1. The summed E-state index contributed by atoms with van der Waals surface area (Å²) in [5.74, 6) is -0.115. The highest BCUT2D eigenvalue weighted by molar-refractivity contribution is 6.04. The van der Waals surface area contributed by atoms with Crippen LogP contribution in [0.1, 0.15) is 18.4 Å². The van der Waals surface area contributed by atoms with Gasteiger partial charge in [0.05, 0.1) is 12.6 Å². The number of carbonyl (C=O) groups is 1. The van der Waals surface area contributed by atoms with Crippen LogP contribution in [0.25, 0.3) is 17.0 Å². The van der Waals surface area contributed by atoms with E-state index in [2.05, 4.69) is 5.32 Å². The van der Waals surface area contributed by atoms with Crippen LogP contribution in [0.4, 0.5) is 4.39 Å². The second kappa shape index (κ2) is 10.1. The molecule has 6 nitrogen and oxygen atoms in total. The van der Waals surface area contributed by atoms with Gasteiger partial charge in [0, 0.05) is 35.8 Å². The summed E-state index contributed by atoms with van der Waals surface area (Å²) in [6, 6.07) is 15.7. The highest BCUT2D eigenvalue weighted by Gasteiger charge is 2.18. The van der Waals surface area contributed by atoms with Crippen LogP contribution in [0.2, 0.25) is 0 Å². The van der Waals surface area contributed by atoms with Crippen molar-refractivity contribution < 1.29 is 18.7 Å². The van der Waals surface area contributed by atoms with Crippen molar-refractivity contribution in [3.05, 3.63) is 71.7 Å². The van der Waals surface area contributed by atoms with Crippen LogP contribution in [0, 0.1) is 17.1 Å². The Labute approximate surface area is 185 Å². The molecule has 3 aromatic rings. The van der Waals surface area contributed by atoms with Crippen LogP contribution in [0.15, 0.2) is 60.3 Å². The molecule has 2 heterocycles. The molecule has 1 saturated heterocycles. The molecule has 0 aliphatic carbocycles.